The molecule has 0 radical (unpaired) electrons. The molecule has 2 aliphatic rings. The standard InChI is InChI=1S/C23H37N5O2/c1-24-23(26-18-22(29)28-15-7-4-8-16-28)25-17-21(27-13-5-3-6-14-27)19-9-11-20(30-2)12-10-19/h9-12,21H,3-8,13-18H2,1-2H3,(H2,24,25,26). The number of benzene rings is 1. The van der Waals surface area contributed by atoms with Crippen LogP contribution in [0.1, 0.15) is 50.1 Å². The smallest absolute Gasteiger partial charge is 0.241 e. The van der Waals surface area contributed by atoms with E-state index in [1.54, 1.807) is 14.2 Å². The lowest BCUT2D eigenvalue weighted by Gasteiger charge is -2.35. The van der Waals surface area contributed by atoms with Crippen LogP contribution in [0.2, 0.25) is 0 Å². The van der Waals surface area contributed by atoms with Gasteiger partial charge in [0.15, 0.2) is 5.96 Å². The van der Waals surface area contributed by atoms with E-state index in [1.807, 2.05) is 17.0 Å². The lowest BCUT2D eigenvalue weighted by molar-refractivity contribution is -0.130. The van der Waals surface area contributed by atoms with Gasteiger partial charge >= 0.3 is 0 Å². The summed E-state index contributed by atoms with van der Waals surface area (Å²) < 4.78 is 5.32. The summed E-state index contributed by atoms with van der Waals surface area (Å²) in [6, 6.07) is 8.60. The zero-order valence-corrected chi connectivity index (χ0v) is 18.5. The summed E-state index contributed by atoms with van der Waals surface area (Å²) in [5.41, 5.74) is 1.27. The molecule has 0 bridgehead atoms. The van der Waals surface area contributed by atoms with Crippen molar-refractivity contribution in [2.45, 2.75) is 44.6 Å². The third-order valence-electron chi connectivity index (χ3n) is 6.13. The third kappa shape index (κ3) is 6.36. The second kappa shape index (κ2) is 11.8. The summed E-state index contributed by atoms with van der Waals surface area (Å²) in [5.74, 6) is 1.70. The van der Waals surface area contributed by atoms with Gasteiger partial charge < -0.3 is 20.3 Å². The first-order valence-corrected chi connectivity index (χ1v) is 11.3. The van der Waals surface area contributed by atoms with Gasteiger partial charge in [0, 0.05) is 26.7 Å². The minimum absolute atomic E-state index is 0.153. The molecule has 3 rings (SSSR count). The van der Waals surface area contributed by atoms with Gasteiger partial charge in [0.05, 0.1) is 19.7 Å². The highest BCUT2D eigenvalue weighted by molar-refractivity contribution is 5.86. The molecule has 1 aromatic rings. The molecule has 2 saturated heterocycles. The van der Waals surface area contributed by atoms with E-state index in [0.29, 0.717) is 5.96 Å². The van der Waals surface area contributed by atoms with Crippen molar-refractivity contribution in [2.24, 2.45) is 4.99 Å². The van der Waals surface area contributed by atoms with Crippen molar-refractivity contribution in [1.29, 1.82) is 0 Å². The van der Waals surface area contributed by atoms with Gasteiger partial charge in [-0.25, -0.2) is 0 Å². The number of carbonyl (C=O) groups is 1. The maximum atomic E-state index is 12.4. The van der Waals surface area contributed by atoms with Crippen LogP contribution < -0.4 is 15.4 Å². The van der Waals surface area contributed by atoms with Crippen LogP contribution in [0, 0.1) is 0 Å². The number of guanidine groups is 1. The van der Waals surface area contributed by atoms with E-state index in [2.05, 4.69) is 32.7 Å². The van der Waals surface area contributed by atoms with Crippen LogP contribution in [0.3, 0.4) is 0 Å². The van der Waals surface area contributed by atoms with E-state index in [9.17, 15) is 4.79 Å². The molecule has 1 atom stereocenters. The number of rotatable bonds is 7. The molecule has 0 aromatic heterocycles. The number of methoxy groups -OCH3 is 1. The van der Waals surface area contributed by atoms with Crippen LogP contribution >= 0.6 is 0 Å². The van der Waals surface area contributed by atoms with Crippen LogP contribution in [0.25, 0.3) is 0 Å². The van der Waals surface area contributed by atoms with Crippen LogP contribution in [0.5, 0.6) is 5.75 Å². The Balaban J connectivity index is 1.57. The van der Waals surface area contributed by atoms with E-state index in [-0.39, 0.29) is 18.5 Å². The second-order valence-corrected chi connectivity index (χ2v) is 8.13. The topological polar surface area (TPSA) is 69.2 Å². The number of hydrogen-bond acceptors (Lipinski definition) is 4. The Morgan fingerprint density at radius 3 is 2.23 bits per heavy atom. The highest BCUT2D eigenvalue weighted by atomic mass is 16.5. The molecule has 30 heavy (non-hydrogen) atoms. The summed E-state index contributed by atoms with van der Waals surface area (Å²) in [4.78, 5) is 21.3. The van der Waals surface area contributed by atoms with Gasteiger partial charge in [-0.05, 0) is 62.9 Å². The van der Waals surface area contributed by atoms with Crippen LogP contribution in [-0.4, -0.2) is 75.1 Å². The fourth-order valence-electron chi connectivity index (χ4n) is 4.34. The number of amides is 1. The average Bonchev–Trinajstić information content (AvgIpc) is 2.82. The Kier molecular flexibility index (Phi) is 8.81. The summed E-state index contributed by atoms with van der Waals surface area (Å²) in [5, 5.41) is 6.65. The van der Waals surface area contributed by atoms with Crippen LogP contribution in [0.15, 0.2) is 29.3 Å². The number of nitrogens with one attached hydrogen (secondary N) is 2. The minimum atomic E-state index is 0.153. The number of piperidine rings is 2. The lowest BCUT2D eigenvalue weighted by Crippen LogP contribution is -2.48. The van der Waals surface area contributed by atoms with Crippen molar-refractivity contribution in [3.8, 4) is 5.75 Å². The molecule has 0 spiro atoms. The molecule has 166 valence electrons. The fraction of sp³-hybridized carbons (Fsp3) is 0.652. The third-order valence-corrected chi connectivity index (χ3v) is 6.13. The van der Waals surface area contributed by atoms with Gasteiger partial charge in [-0.15, -0.1) is 0 Å². The molecule has 2 heterocycles. The molecule has 1 amide bonds. The Morgan fingerprint density at radius 2 is 1.63 bits per heavy atom. The molecule has 1 aromatic carbocycles. The molecular formula is C23H37N5O2. The Labute approximate surface area is 180 Å². The molecule has 7 heteroatoms. The molecule has 1 unspecified atom stereocenters. The van der Waals surface area contributed by atoms with Crippen LogP contribution in [0.4, 0.5) is 0 Å². The number of aliphatic imine (C=N–C) groups is 1. The molecule has 7 nitrogen and oxygen atoms in total. The first-order valence-electron chi connectivity index (χ1n) is 11.3. The zero-order valence-electron chi connectivity index (χ0n) is 18.5. The van der Waals surface area contributed by atoms with E-state index in [0.717, 1.165) is 51.3 Å². The molecule has 2 fully saturated rings. The zero-order chi connectivity index (χ0) is 21.2. The fourth-order valence-corrected chi connectivity index (χ4v) is 4.34. The van der Waals surface area contributed by atoms with Gasteiger partial charge in [0.2, 0.25) is 5.91 Å². The number of nitrogens with zero attached hydrogens (tertiary/aromatic N) is 3. The quantitative estimate of drug-likeness (QED) is 0.529. The highest BCUT2D eigenvalue weighted by Crippen LogP contribution is 2.25. The van der Waals surface area contributed by atoms with E-state index in [4.69, 9.17) is 4.74 Å². The van der Waals surface area contributed by atoms with Crippen molar-refractivity contribution >= 4 is 11.9 Å². The number of carbonyl (C=O) groups excluding carboxylic acids is 1. The molecule has 2 aliphatic heterocycles. The summed E-state index contributed by atoms with van der Waals surface area (Å²) >= 11 is 0. The first-order chi connectivity index (χ1) is 14.7. The molecule has 0 saturated carbocycles. The minimum Gasteiger partial charge on any atom is -0.497 e. The first kappa shape index (κ1) is 22.4. The van der Waals surface area contributed by atoms with Gasteiger partial charge in [0.1, 0.15) is 5.75 Å². The summed E-state index contributed by atoms with van der Waals surface area (Å²) in [6.07, 6.45) is 7.23. The number of likely N-dealkylation sites (tertiary alicyclic amines) is 2. The van der Waals surface area contributed by atoms with Crippen molar-refractivity contribution in [3.05, 3.63) is 29.8 Å². The Morgan fingerprint density at radius 1 is 1.00 bits per heavy atom. The van der Waals surface area contributed by atoms with Crippen molar-refractivity contribution < 1.29 is 9.53 Å². The Hall–Kier alpha value is -2.28. The molecule has 2 N–H and O–H groups in total. The summed E-state index contributed by atoms with van der Waals surface area (Å²) in [7, 11) is 3.45. The monoisotopic (exact) mass is 415 g/mol. The van der Waals surface area contributed by atoms with Crippen molar-refractivity contribution in [1.82, 2.24) is 20.4 Å². The SMILES string of the molecule is CN=C(NCC(=O)N1CCCCC1)NCC(c1ccc(OC)cc1)N1CCCCC1. The Bertz CT molecular complexity index is 679. The maximum absolute atomic E-state index is 12.4. The maximum Gasteiger partial charge on any atom is 0.241 e. The van der Waals surface area contributed by atoms with Crippen molar-refractivity contribution in [3.63, 3.8) is 0 Å². The predicted molar refractivity (Wildman–Crippen MR) is 121 cm³/mol. The summed E-state index contributed by atoms with van der Waals surface area (Å²) in [6.45, 7) is 5.00. The van der Waals surface area contributed by atoms with Gasteiger partial charge in [-0.1, -0.05) is 18.6 Å². The van der Waals surface area contributed by atoms with E-state index >= 15 is 0 Å². The van der Waals surface area contributed by atoms with Crippen LogP contribution in [-0.2, 0) is 4.79 Å². The average molecular weight is 416 g/mol. The number of hydrogen-bond donors (Lipinski definition) is 2. The molecular weight excluding hydrogens is 378 g/mol. The predicted octanol–water partition coefficient (Wildman–Crippen LogP) is 2.40. The van der Waals surface area contributed by atoms with Gasteiger partial charge in [-0.3, -0.25) is 14.7 Å². The second-order valence-electron chi connectivity index (χ2n) is 8.13. The van der Waals surface area contributed by atoms with Gasteiger partial charge in [-0.2, -0.15) is 0 Å². The highest BCUT2D eigenvalue weighted by Gasteiger charge is 2.23. The van der Waals surface area contributed by atoms with E-state index in [1.165, 1.54) is 31.2 Å². The molecule has 0 aliphatic carbocycles. The van der Waals surface area contributed by atoms with E-state index < -0.39 is 0 Å². The van der Waals surface area contributed by atoms with Gasteiger partial charge in [0.25, 0.3) is 0 Å². The lowest BCUT2D eigenvalue weighted by atomic mass is 10.0. The largest absolute Gasteiger partial charge is 0.497 e. The van der Waals surface area contributed by atoms with Crippen molar-refractivity contribution in [2.75, 3.05) is 53.4 Å². The normalized spacial score (nSPS) is 19.3. The number of ether oxygens (including phenoxy) is 1.